The quantitative estimate of drug-likeness (QED) is 0.773. The molecule has 2 rings (SSSR count). The van der Waals surface area contributed by atoms with Gasteiger partial charge in [0.1, 0.15) is 0 Å². The van der Waals surface area contributed by atoms with E-state index in [0.29, 0.717) is 0 Å². The Morgan fingerprint density at radius 3 is 1.06 bits per heavy atom. The molecule has 1 aromatic rings. The average Bonchev–Trinajstić information content (AvgIpc) is 2.41. The molecule has 1 saturated carbocycles. The number of benzene rings is 1. The molecule has 0 aromatic heterocycles. The van der Waals surface area contributed by atoms with Crippen molar-refractivity contribution in [2.75, 3.05) is 0 Å². The van der Waals surface area contributed by atoms with Crippen LogP contribution in [0, 0.1) is 0 Å². The summed E-state index contributed by atoms with van der Waals surface area (Å²) in [6, 6.07) is 4.61. The Morgan fingerprint density at radius 2 is 0.889 bits per heavy atom. The van der Waals surface area contributed by atoms with Crippen molar-refractivity contribution in [2.24, 2.45) is 0 Å². The highest BCUT2D eigenvalue weighted by atomic mass is 16.4. The average molecular weight is 248 g/mol. The van der Waals surface area contributed by atoms with Crippen molar-refractivity contribution in [1.82, 2.24) is 0 Å². The molecule has 0 aliphatic heterocycles. The highest BCUT2D eigenvalue weighted by Crippen LogP contribution is 2.15. The molecule has 0 saturated heterocycles. The summed E-state index contributed by atoms with van der Waals surface area (Å²) >= 11 is 0. The molecule has 98 valence electrons. The minimum Gasteiger partial charge on any atom is -0.545 e. The van der Waals surface area contributed by atoms with Crippen LogP contribution in [-0.2, 0) is 0 Å². The lowest BCUT2D eigenvalue weighted by Crippen LogP contribution is -2.24. The van der Waals surface area contributed by atoms with Gasteiger partial charge in [-0.05, 0) is 11.1 Å². The van der Waals surface area contributed by atoms with Crippen molar-refractivity contribution in [1.29, 1.82) is 0 Å². The van der Waals surface area contributed by atoms with Crippen LogP contribution in [0.5, 0.6) is 0 Å². The lowest BCUT2D eigenvalue weighted by Gasteiger charge is -2.05. The molecule has 4 heteroatoms. The van der Waals surface area contributed by atoms with Crippen LogP contribution in [0.2, 0.25) is 0 Å². The Hall–Kier alpha value is -1.84. The van der Waals surface area contributed by atoms with Crippen LogP contribution in [0.15, 0.2) is 24.3 Å². The summed E-state index contributed by atoms with van der Waals surface area (Å²) in [5.74, 6) is -2.67. The largest absolute Gasteiger partial charge is 0.545 e. The summed E-state index contributed by atoms with van der Waals surface area (Å²) in [7, 11) is 0. The van der Waals surface area contributed by atoms with Crippen molar-refractivity contribution in [3.05, 3.63) is 35.4 Å². The Morgan fingerprint density at radius 1 is 0.667 bits per heavy atom. The van der Waals surface area contributed by atoms with Gasteiger partial charge in [-0.1, -0.05) is 62.8 Å². The second-order valence-corrected chi connectivity index (χ2v) is 4.27. The summed E-state index contributed by atoms with van der Waals surface area (Å²) in [6.45, 7) is 0. The molecule has 0 radical (unpaired) electrons. The van der Waals surface area contributed by atoms with Crippen molar-refractivity contribution >= 4 is 11.9 Å². The van der Waals surface area contributed by atoms with Gasteiger partial charge in [0.2, 0.25) is 0 Å². The van der Waals surface area contributed by atoms with Gasteiger partial charge in [-0.3, -0.25) is 0 Å². The summed E-state index contributed by atoms with van der Waals surface area (Å²) < 4.78 is 0. The number of carbonyl (C=O) groups excluding carboxylic acids is 2. The van der Waals surface area contributed by atoms with E-state index in [1.165, 1.54) is 38.5 Å². The predicted octanol–water partition coefficient (Wildman–Crippen LogP) is 0.754. The third kappa shape index (κ3) is 4.99. The zero-order valence-corrected chi connectivity index (χ0v) is 10.2. The number of carboxylic acids is 2. The van der Waals surface area contributed by atoms with E-state index < -0.39 is 11.9 Å². The third-order valence-electron chi connectivity index (χ3n) is 2.86. The first-order chi connectivity index (χ1) is 8.61. The van der Waals surface area contributed by atoms with Gasteiger partial charge in [-0.2, -0.15) is 0 Å². The van der Waals surface area contributed by atoms with Crippen LogP contribution < -0.4 is 10.2 Å². The van der Waals surface area contributed by atoms with Crippen molar-refractivity contribution in [3.63, 3.8) is 0 Å². The summed E-state index contributed by atoms with van der Waals surface area (Å²) in [4.78, 5) is 20.4. The van der Waals surface area contributed by atoms with Gasteiger partial charge in [0.05, 0.1) is 11.9 Å². The third-order valence-corrected chi connectivity index (χ3v) is 2.86. The van der Waals surface area contributed by atoms with Gasteiger partial charge in [0.25, 0.3) is 0 Å². The molecular formula is C14H16O4-2. The molecule has 0 spiro atoms. The lowest BCUT2D eigenvalue weighted by atomic mass is 10.0. The van der Waals surface area contributed by atoms with E-state index in [1.807, 2.05) is 0 Å². The lowest BCUT2D eigenvalue weighted by molar-refractivity contribution is -0.256. The van der Waals surface area contributed by atoms with E-state index >= 15 is 0 Å². The number of rotatable bonds is 2. The second-order valence-electron chi connectivity index (χ2n) is 4.27. The van der Waals surface area contributed by atoms with E-state index in [0.717, 1.165) is 24.3 Å². The maximum absolute atomic E-state index is 10.2. The molecule has 1 aliphatic carbocycles. The van der Waals surface area contributed by atoms with Crippen LogP contribution in [0.1, 0.15) is 59.2 Å². The Bertz CT molecular complexity index is 346. The normalized spacial score (nSPS) is 14.2. The molecule has 4 nitrogen and oxygen atoms in total. The van der Waals surface area contributed by atoms with Gasteiger partial charge in [-0.15, -0.1) is 0 Å². The standard InChI is InChI=1S/C8H6O4.C6H12/c9-7(10)5-1-2-6(4-3-5)8(11)12;1-2-4-6-5-3-1/h1-4H,(H,9,10)(H,11,12);1-6H2/p-2. The second kappa shape index (κ2) is 7.48. The molecule has 0 N–H and O–H groups in total. The number of hydrogen-bond acceptors (Lipinski definition) is 4. The summed E-state index contributed by atoms with van der Waals surface area (Å²) in [5.41, 5.74) is -0.111. The first kappa shape index (κ1) is 14.2. The maximum Gasteiger partial charge on any atom is 0.0715 e. The minimum atomic E-state index is -1.33. The van der Waals surface area contributed by atoms with Crippen LogP contribution >= 0.6 is 0 Å². The summed E-state index contributed by atoms with van der Waals surface area (Å²) in [5, 5.41) is 20.4. The van der Waals surface area contributed by atoms with E-state index in [4.69, 9.17) is 0 Å². The van der Waals surface area contributed by atoms with Gasteiger partial charge in [0, 0.05) is 0 Å². The van der Waals surface area contributed by atoms with Gasteiger partial charge in [-0.25, -0.2) is 0 Å². The van der Waals surface area contributed by atoms with Gasteiger partial charge < -0.3 is 19.8 Å². The first-order valence-corrected chi connectivity index (χ1v) is 6.14. The molecule has 1 aromatic carbocycles. The van der Waals surface area contributed by atoms with Crippen LogP contribution in [0.25, 0.3) is 0 Å². The Labute approximate surface area is 106 Å². The van der Waals surface area contributed by atoms with Gasteiger partial charge >= 0.3 is 0 Å². The summed E-state index contributed by atoms with van der Waals surface area (Å²) in [6.07, 6.45) is 9.00. The highest BCUT2D eigenvalue weighted by molar-refractivity contribution is 5.89. The fourth-order valence-electron chi connectivity index (χ4n) is 1.80. The highest BCUT2D eigenvalue weighted by Gasteiger charge is 1.95. The SMILES string of the molecule is C1CCCCC1.O=C([O-])c1ccc(C(=O)[O-])cc1. The Kier molecular flexibility index (Phi) is 5.91. The smallest absolute Gasteiger partial charge is 0.0715 e. The minimum absolute atomic E-state index is 0.0556. The maximum atomic E-state index is 10.2. The van der Waals surface area contributed by atoms with Crippen LogP contribution in [0.4, 0.5) is 0 Å². The molecule has 1 fully saturated rings. The van der Waals surface area contributed by atoms with Crippen LogP contribution in [-0.4, -0.2) is 11.9 Å². The zero-order chi connectivity index (χ0) is 13.4. The Balaban J connectivity index is 0.000000225. The molecule has 0 heterocycles. The first-order valence-electron chi connectivity index (χ1n) is 6.14. The van der Waals surface area contributed by atoms with Gasteiger partial charge in [0.15, 0.2) is 0 Å². The number of carboxylic acid groups (broad SMARTS) is 2. The predicted molar refractivity (Wildman–Crippen MR) is 62.8 cm³/mol. The fraction of sp³-hybridized carbons (Fsp3) is 0.429. The van der Waals surface area contributed by atoms with Crippen molar-refractivity contribution in [3.8, 4) is 0 Å². The van der Waals surface area contributed by atoms with Crippen LogP contribution in [0.3, 0.4) is 0 Å². The number of hydrogen-bond donors (Lipinski definition) is 0. The monoisotopic (exact) mass is 248 g/mol. The van der Waals surface area contributed by atoms with E-state index in [-0.39, 0.29) is 11.1 Å². The van der Waals surface area contributed by atoms with E-state index in [1.54, 1.807) is 0 Å². The molecule has 1 aliphatic rings. The molecule has 0 amide bonds. The zero-order valence-electron chi connectivity index (χ0n) is 10.2. The van der Waals surface area contributed by atoms with E-state index in [9.17, 15) is 19.8 Å². The number of aromatic carboxylic acids is 2. The van der Waals surface area contributed by atoms with E-state index in [2.05, 4.69) is 0 Å². The molecule has 0 bridgehead atoms. The van der Waals surface area contributed by atoms with Crippen molar-refractivity contribution in [2.45, 2.75) is 38.5 Å². The topological polar surface area (TPSA) is 80.3 Å². The fourth-order valence-corrected chi connectivity index (χ4v) is 1.80. The van der Waals surface area contributed by atoms with Crippen molar-refractivity contribution < 1.29 is 19.8 Å². The molecular weight excluding hydrogens is 232 g/mol. The molecule has 18 heavy (non-hydrogen) atoms. The molecule has 0 atom stereocenters. The molecule has 0 unspecified atom stereocenters. The number of carbonyl (C=O) groups is 2.